The molecule has 1 aromatic heterocycles. The van der Waals surface area contributed by atoms with Crippen molar-refractivity contribution < 1.29 is 9.59 Å². The molecule has 26 heavy (non-hydrogen) atoms. The minimum atomic E-state index is -0.163. The van der Waals surface area contributed by atoms with E-state index in [-0.39, 0.29) is 17.6 Å². The number of anilines is 1. The number of thioether (sulfide) groups is 2. The van der Waals surface area contributed by atoms with Crippen molar-refractivity contribution in [3.05, 3.63) is 28.8 Å². The van der Waals surface area contributed by atoms with E-state index in [4.69, 9.17) is 11.6 Å². The van der Waals surface area contributed by atoms with Gasteiger partial charge in [0, 0.05) is 6.54 Å². The van der Waals surface area contributed by atoms with Gasteiger partial charge in [0.1, 0.15) is 0 Å². The number of hydrogen-bond acceptors (Lipinski definition) is 7. The van der Waals surface area contributed by atoms with Crippen LogP contribution in [0.25, 0.3) is 0 Å². The number of nitrogens with one attached hydrogen (secondary N) is 2. The fraction of sp³-hybridized carbons (Fsp3) is 0.375. The van der Waals surface area contributed by atoms with E-state index in [2.05, 4.69) is 20.8 Å². The van der Waals surface area contributed by atoms with Crippen molar-refractivity contribution in [3.8, 4) is 0 Å². The first-order valence-corrected chi connectivity index (χ1v) is 11.1. The Labute approximate surface area is 169 Å². The third-order valence-electron chi connectivity index (χ3n) is 3.01. The zero-order valence-electron chi connectivity index (χ0n) is 14.4. The van der Waals surface area contributed by atoms with E-state index in [1.54, 1.807) is 12.1 Å². The van der Waals surface area contributed by atoms with Crippen LogP contribution >= 0.6 is 46.5 Å². The molecule has 1 aromatic carbocycles. The molecule has 2 aromatic rings. The minimum absolute atomic E-state index is 0.0180. The van der Waals surface area contributed by atoms with Gasteiger partial charge in [-0.25, -0.2) is 0 Å². The molecule has 0 aliphatic rings. The molecule has 2 amide bonds. The molecule has 0 unspecified atom stereocenters. The quantitative estimate of drug-likeness (QED) is 0.588. The Morgan fingerprint density at radius 1 is 1.15 bits per heavy atom. The van der Waals surface area contributed by atoms with Crippen LogP contribution in [0, 0.1) is 6.92 Å². The molecule has 140 valence electrons. The van der Waals surface area contributed by atoms with Gasteiger partial charge in [0.05, 0.1) is 22.2 Å². The van der Waals surface area contributed by atoms with E-state index in [9.17, 15) is 9.59 Å². The molecule has 0 saturated carbocycles. The number of halogens is 1. The summed E-state index contributed by atoms with van der Waals surface area (Å²) in [6.07, 6.45) is 0.909. The second kappa shape index (κ2) is 10.8. The first kappa shape index (κ1) is 21.0. The van der Waals surface area contributed by atoms with E-state index in [0.717, 1.165) is 12.0 Å². The summed E-state index contributed by atoms with van der Waals surface area (Å²) in [7, 11) is 0. The van der Waals surface area contributed by atoms with Crippen LogP contribution in [0.15, 0.2) is 26.9 Å². The summed E-state index contributed by atoms with van der Waals surface area (Å²) < 4.78 is 1.40. The van der Waals surface area contributed by atoms with Gasteiger partial charge in [-0.2, -0.15) is 0 Å². The minimum Gasteiger partial charge on any atom is -0.355 e. The van der Waals surface area contributed by atoms with Crippen LogP contribution < -0.4 is 10.6 Å². The van der Waals surface area contributed by atoms with Crippen LogP contribution in [0.2, 0.25) is 5.02 Å². The highest BCUT2D eigenvalue weighted by Gasteiger charge is 2.11. The molecule has 6 nitrogen and oxygen atoms in total. The Kier molecular flexibility index (Phi) is 8.70. The number of nitrogens with zero attached hydrogens (tertiary/aromatic N) is 2. The second-order valence-electron chi connectivity index (χ2n) is 5.29. The molecule has 0 fully saturated rings. The molecule has 0 saturated heterocycles. The summed E-state index contributed by atoms with van der Waals surface area (Å²) in [5.41, 5.74) is 1.62. The molecule has 1 heterocycles. The van der Waals surface area contributed by atoms with Crippen molar-refractivity contribution >= 4 is 64.0 Å². The maximum absolute atomic E-state index is 12.1. The molecular weight excluding hydrogens is 412 g/mol. The number of benzene rings is 1. The van der Waals surface area contributed by atoms with Crippen LogP contribution in [-0.2, 0) is 9.59 Å². The van der Waals surface area contributed by atoms with Gasteiger partial charge in [-0.1, -0.05) is 59.5 Å². The zero-order chi connectivity index (χ0) is 18.9. The predicted molar refractivity (Wildman–Crippen MR) is 109 cm³/mol. The molecule has 2 rings (SSSR count). The van der Waals surface area contributed by atoms with Gasteiger partial charge in [-0.3, -0.25) is 9.59 Å². The summed E-state index contributed by atoms with van der Waals surface area (Å²) in [4.78, 5) is 23.6. The van der Waals surface area contributed by atoms with Gasteiger partial charge in [0.15, 0.2) is 8.68 Å². The summed E-state index contributed by atoms with van der Waals surface area (Å²) in [6, 6.07) is 5.47. The highest BCUT2D eigenvalue weighted by atomic mass is 35.5. The number of aryl methyl sites for hydroxylation is 1. The van der Waals surface area contributed by atoms with Gasteiger partial charge >= 0.3 is 0 Å². The fourth-order valence-corrected chi connectivity index (χ4v) is 4.72. The van der Waals surface area contributed by atoms with Gasteiger partial charge in [0.2, 0.25) is 11.8 Å². The highest BCUT2D eigenvalue weighted by molar-refractivity contribution is 8.03. The Morgan fingerprint density at radius 3 is 2.42 bits per heavy atom. The summed E-state index contributed by atoms with van der Waals surface area (Å²) in [5.74, 6) is 0.339. The van der Waals surface area contributed by atoms with Crippen molar-refractivity contribution in [1.82, 2.24) is 15.5 Å². The molecule has 0 bridgehead atoms. The Morgan fingerprint density at radius 2 is 1.81 bits per heavy atom. The molecule has 0 aliphatic heterocycles. The summed E-state index contributed by atoms with van der Waals surface area (Å²) in [6.45, 7) is 4.62. The summed E-state index contributed by atoms with van der Waals surface area (Å²) >= 11 is 10.1. The first-order chi connectivity index (χ1) is 12.5. The van der Waals surface area contributed by atoms with E-state index in [0.29, 0.717) is 31.7 Å². The lowest BCUT2D eigenvalue weighted by atomic mass is 10.2. The van der Waals surface area contributed by atoms with E-state index >= 15 is 0 Å². The van der Waals surface area contributed by atoms with Crippen molar-refractivity contribution in [3.63, 3.8) is 0 Å². The maximum Gasteiger partial charge on any atom is 0.234 e. The van der Waals surface area contributed by atoms with Crippen molar-refractivity contribution in [2.24, 2.45) is 0 Å². The SMILES string of the molecule is CCCNC(=O)CSc1nnc(SCC(=O)Nc2ccc(C)cc2Cl)s1. The van der Waals surface area contributed by atoms with Crippen LogP contribution in [0.5, 0.6) is 0 Å². The van der Waals surface area contributed by atoms with Crippen molar-refractivity contribution in [2.45, 2.75) is 28.9 Å². The van der Waals surface area contributed by atoms with Crippen molar-refractivity contribution in [1.29, 1.82) is 0 Å². The lowest BCUT2D eigenvalue weighted by Crippen LogP contribution is -2.25. The summed E-state index contributed by atoms with van der Waals surface area (Å²) in [5, 5.41) is 14.2. The number of aromatic nitrogens is 2. The lowest BCUT2D eigenvalue weighted by molar-refractivity contribution is -0.118. The van der Waals surface area contributed by atoms with Gasteiger partial charge in [-0.15, -0.1) is 10.2 Å². The van der Waals surface area contributed by atoms with Gasteiger partial charge < -0.3 is 10.6 Å². The van der Waals surface area contributed by atoms with Crippen LogP contribution in [-0.4, -0.2) is 40.1 Å². The first-order valence-electron chi connectivity index (χ1n) is 7.89. The highest BCUT2D eigenvalue weighted by Crippen LogP contribution is 2.29. The molecule has 10 heteroatoms. The molecular formula is C16H19ClN4O2S3. The third kappa shape index (κ3) is 7.14. The fourth-order valence-electron chi connectivity index (χ4n) is 1.79. The smallest absolute Gasteiger partial charge is 0.234 e. The third-order valence-corrected chi connectivity index (χ3v) is 6.51. The van der Waals surface area contributed by atoms with Crippen LogP contribution in [0.3, 0.4) is 0 Å². The molecule has 2 N–H and O–H groups in total. The second-order valence-corrected chi connectivity index (χ2v) is 9.12. The Bertz CT molecular complexity index is 770. The zero-order valence-corrected chi connectivity index (χ0v) is 17.6. The maximum atomic E-state index is 12.1. The average molecular weight is 431 g/mol. The number of carbonyl (C=O) groups excluding carboxylic acids is 2. The van der Waals surface area contributed by atoms with Crippen LogP contribution in [0.4, 0.5) is 5.69 Å². The Balaban J connectivity index is 1.76. The molecule has 0 spiro atoms. The van der Waals surface area contributed by atoms with E-state index in [1.165, 1.54) is 34.9 Å². The lowest BCUT2D eigenvalue weighted by Gasteiger charge is -2.07. The largest absolute Gasteiger partial charge is 0.355 e. The Hall–Kier alpha value is -1.29. The monoisotopic (exact) mass is 430 g/mol. The molecule has 0 aliphatic carbocycles. The number of hydrogen-bond donors (Lipinski definition) is 2. The number of rotatable bonds is 9. The van der Waals surface area contributed by atoms with Gasteiger partial charge in [0.25, 0.3) is 0 Å². The van der Waals surface area contributed by atoms with Crippen LogP contribution in [0.1, 0.15) is 18.9 Å². The average Bonchev–Trinajstić information content (AvgIpc) is 3.07. The number of amides is 2. The van der Waals surface area contributed by atoms with E-state index in [1.807, 2.05) is 19.9 Å². The topological polar surface area (TPSA) is 84.0 Å². The van der Waals surface area contributed by atoms with Crippen molar-refractivity contribution in [2.75, 3.05) is 23.4 Å². The normalized spacial score (nSPS) is 10.6. The molecule has 0 atom stereocenters. The van der Waals surface area contributed by atoms with Gasteiger partial charge in [-0.05, 0) is 31.0 Å². The van der Waals surface area contributed by atoms with E-state index < -0.39 is 0 Å². The standard InChI is InChI=1S/C16H19ClN4O2S3/c1-3-6-18-13(22)8-24-15-20-21-16(26-15)25-9-14(23)19-12-5-4-10(2)7-11(12)17/h4-5,7H,3,6,8-9H2,1-2H3,(H,18,22)(H,19,23). The number of carbonyl (C=O) groups is 2. The molecule has 0 radical (unpaired) electrons. The predicted octanol–water partition coefficient (Wildman–Crippen LogP) is 3.85.